The van der Waals surface area contributed by atoms with Crippen LogP contribution in [0.1, 0.15) is 38.2 Å². The van der Waals surface area contributed by atoms with E-state index in [1.54, 1.807) is 24.3 Å². The number of hydrogen-bond donors (Lipinski definition) is 3. The van der Waals surface area contributed by atoms with Crippen LogP contribution in [0.15, 0.2) is 24.3 Å². The molecule has 1 aromatic carbocycles. The highest BCUT2D eigenvalue weighted by Gasteiger charge is 2.37. The molecule has 0 heterocycles. The zero-order valence-corrected chi connectivity index (χ0v) is 11.4. The zero-order valence-electron chi connectivity index (χ0n) is 11.4. The lowest BCUT2D eigenvalue weighted by atomic mass is 9.74. The first-order chi connectivity index (χ1) is 9.04. The number of aromatic hydroxyl groups is 1. The number of phenolic OH excluding ortho intramolecular Hbond substituents is 1. The number of carbonyl (C=O) groups excluding carboxylic acids is 1. The van der Waals surface area contributed by atoms with Crippen LogP contribution in [0.3, 0.4) is 0 Å². The van der Waals surface area contributed by atoms with Crippen LogP contribution in [0.4, 0.5) is 0 Å². The SMILES string of the molecule is CCC1(NC(=O)[C@@H](N)Cc2ccc(O)cc2)CCC1. The fourth-order valence-electron chi connectivity index (χ4n) is 2.50. The van der Waals surface area contributed by atoms with E-state index in [0.29, 0.717) is 6.42 Å². The maximum Gasteiger partial charge on any atom is 0.237 e. The van der Waals surface area contributed by atoms with Crippen LogP contribution in [-0.4, -0.2) is 22.6 Å². The van der Waals surface area contributed by atoms with Gasteiger partial charge in [0.25, 0.3) is 0 Å². The molecular formula is C15H22N2O2. The molecule has 1 aliphatic rings. The number of benzene rings is 1. The minimum absolute atomic E-state index is 0.0103. The summed E-state index contributed by atoms with van der Waals surface area (Å²) in [6.45, 7) is 2.10. The van der Waals surface area contributed by atoms with Crippen LogP contribution in [0.25, 0.3) is 0 Å². The molecule has 0 bridgehead atoms. The maximum atomic E-state index is 12.1. The molecule has 0 radical (unpaired) electrons. The van der Waals surface area contributed by atoms with Crippen molar-refractivity contribution in [3.8, 4) is 5.75 Å². The quantitative estimate of drug-likeness (QED) is 0.756. The fourth-order valence-corrected chi connectivity index (χ4v) is 2.50. The third-order valence-corrected chi connectivity index (χ3v) is 4.10. The first-order valence-corrected chi connectivity index (χ1v) is 6.90. The number of amides is 1. The van der Waals surface area contributed by atoms with Gasteiger partial charge in [0, 0.05) is 5.54 Å². The highest BCUT2D eigenvalue weighted by molar-refractivity contribution is 5.82. The van der Waals surface area contributed by atoms with Gasteiger partial charge < -0.3 is 16.2 Å². The second-order valence-corrected chi connectivity index (χ2v) is 5.45. The summed E-state index contributed by atoms with van der Waals surface area (Å²) in [4.78, 5) is 12.1. The summed E-state index contributed by atoms with van der Waals surface area (Å²) in [5.74, 6) is 0.149. The predicted molar refractivity (Wildman–Crippen MR) is 74.8 cm³/mol. The molecule has 19 heavy (non-hydrogen) atoms. The summed E-state index contributed by atoms with van der Waals surface area (Å²) >= 11 is 0. The Bertz CT molecular complexity index is 432. The Morgan fingerprint density at radius 2 is 2.05 bits per heavy atom. The highest BCUT2D eigenvalue weighted by Crippen LogP contribution is 2.34. The average molecular weight is 262 g/mol. The van der Waals surface area contributed by atoms with E-state index in [1.807, 2.05) is 0 Å². The van der Waals surface area contributed by atoms with E-state index in [2.05, 4.69) is 12.2 Å². The summed E-state index contributed by atoms with van der Waals surface area (Å²) < 4.78 is 0. The van der Waals surface area contributed by atoms with Crippen molar-refractivity contribution in [3.63, 3.8) is 0 Å². The Hall–Kier alpha value is -1.55. The maximum absolute atomic E-state index is 12.1. The van der Waals surface area contributed by atoms with E-state index >= 15 is 0 Å². The third-order valence-electron chi connectivity index (χ3n) is 4.10. The van der Waals surface area contributed by atoms with E-state index in [-0.39, 0.29) is 17.2 Å². The molecule has 0 saturated heterocycles. The van der Waals surface area contributed by atoms with Gasteiger partial charge in [-0.25, -0.2) is 0 Å². The number of phenols is 1. The van der Waals surface area contributed by atoms with Gasteiger partial charge in [0.15, 0.2) is 0 Å². The monoisotopic (exact) mass is 262 g/mol. The molecule has 4 N–H and O–H groups in total. The largest absolute Gasteiger partial charge is 0.508 e. The molecule has 1 atom stereocenters. The van der Waals surface area contributed by atoms with Gasteiger partial charge in [-0.1, -0.05) is 19.1 Å². The van der Waals surface area contributed by atoms with Crippen molar-refractivity contribution in [3.05, 3.63) is 29.8 Å². The highest BCUT2D eigenvalue weighted by atomic mass is 16.3. The molecule has 4 nitrogen and oxygen atoms in total. The van der Waals surface area contributed by atoms with Gasteiger partial charge >= 0.3 is 0 Å². The lowest BCUT2D eigenvalue weighted by molar-refractivity contribution is -0.125. The van der Waals surface area contributed by atoms with Gasteiger partial charge in [-0.15, -0.1) is 0 Å². The molecule has 0 aromatic heterocycles. The molecule has 2 rings (SSSR count). The lowest BCUT2D eigenvalue weighted by Gasteiger charge is -2.42. The van der Waals surface area contributed by atoms with Crippen molar-refractivity contribution in [2.24, 2.45) is 5.73 Å². The number of rotatable bonds is 5. The summed E-state index contributed by atoms with van der Waals surface area (Å²) in [5, 5.41) is 12.3. The van der Waals surface area contributed by atoms with Crippen LogP contribution in [-0.2, 0) is 11.2 Å². The van der Waals surface area contributed by atoms with Crippen LogP contribution in [0.5, 0.6) is 5.75 Å². The number of nitrogens with one attached hydrogen (secondary N) is 1. The van der Waals surface area contributed by atoms with Gasteiger partial charge in [0.05, 0.1) is 6.04 Å². The lowest BCUT2D eigenvalue weighted by Crippen LogP contribution is -2.57. The smallest absolute Gasteiger partial charge is 0.237 e. The summed E-state index contributed by atoms with van der Waals surface area (Å²) in [5.41, 5.74) is 6.90. The Balaban J connectivity index is 1.90. The van der Waals surface area contributed by atoms with Crippen molar-refractivity contribution >= 4 is 5.91 Å². The van der Waals surface area contributed by atoms with Crippen LogP contribution in [0, 0.1) is 0 Å². The van der Waals surface area contributed by atoms with E-state index in [1.165, 1.54) is 6.42 Å². The van der Waals surface area contributed by atoms with Gasteiger partial charge in [-0.05, 0) is 49.8 Å². The summed E-state index contributed by atoms with van der Waals surface area (Å²) in [7, 11) is 0. The molecule has 0 spiro atoms. The molecule has 1 aromatic rings. The molecule has 0 unspecified atom stereocenters. The molecule has 1 amide bonds. The van der Waals surface area contributed by atoms with Crippen molar-refractivity contribution in [2.45, 2.75) is 50.6 Å². The number of carbonyl (C=O) groups is 1. The molecule has 104 valence electrons. The normalized spacial score (nSPS) is 18.4. The first kappa shape index (κ1) is 13.9. The van der Waals surface area contributed by atoms with Gasteiger partial charge in [-0.2, -0.15) is 0 Å². The van der Waals surface area contributed by atoms with Gasteiger partial charge in [0.1, 0.15) is 5.75 Å². The van der Waals surface area contributed by atoms with E-state index in [0.717, 1.165) is 24.8 Å². The number of hydrogen-bond acceptors (Lipinski definition) is 3. The Kier molecular flexibility index (Phi) is 4.10. The Morgan fingerprint density at radius 1 is 1.42 bits per heavy atom. The molecule has 0 aliphatic heterocycles. The van der Waals surface area contributed by atoms with E-state index in [4.69, 9.17) is 5.73 Å². The van der Waals surface area contributed by atoms with Crippen molar-refractivity contribution < 1.29 is 9.90 Å². The number of nitrogens with two attached hydrogens (primary N) is 1. The third kappa shape index (κ3) is 3.26. The minimum Gasteiger partial charge on any atom is -0.508 e. The zero-order chi connectivity index (χ0) is 13.9. The van der Waals surface area contributed by atoms with Gasteiger partial charge in [-0.3, -0.25) is 4.79 Å². The van der Waals surface area contributed by atoms with E-state index in [9.17, 15) is 9.90 Å². The fraction of sp³-hybridized carbons (Fsp3) is 0.533. The summed E-state index contributed by atoms with van der Waals surface area (Å²) in [6, 6.07) is 6.27. The average Bonchev–Trinajstić information content (AvgIpc) is 2.36. The minimum atomic E-state index is -0.534. The summed E-state index contributed by atoms with van der Waals surface area (Å²) in [6.07, 6.45) is 4.75. The van der Waals surface area contributed by atoms with Crippen LogP contribution >= 0.6 is 0 Å². The van der Waals surface area contributed by atoms with E-state index < -0.39 is 6.04 Å². The van der Waals surface area contributed by atoms with Gasteiger partial charge in [0.2, 0.25) is 5.91 Å². The van der Waals surface area contributed by atoms with Crippen LogP contribution < -0.4 is 11.1 Å². The molecular weight excluding hydrogens is 240 g/mol. The second kappa shape index (κ2) is 5.61. The van der Waals surface area contributed by atoms with Crippen molar-refractivity contribution in [1.29, 1.82) is 0 Å². The molecule has 1 fully saturated rings. The van der Waals surface area contributed by atoms with Crippen molar-refractivity contribution in [2.75, 3.05) is 0 Å². The standard InChI is InChI=1S/C15H22N2O2/c1-2-15(8-3-9-15)17-14(19)13(16)10-11-4-6-12(18)7-5-11/h4-7,13,18H,2-3,8-10,16H2,1H3,(H,17,19)/t13-/m0/s1. The molecule has 1 aliphatic carbocycles. The molecule has 4 heteroatoms. The van der Waals surface area contributed by atoms with Crippen LogP contribution in [0.2, 0.25) is 0 Å². The van der Waals surface area contributed by atoms with Crippen molar-refractivity contribution in [1.82, 2.24) is 5.32 Å². The second-order valence-electron chi connectivity index (χ2n) is 5.45. The Labute approximate surface area is 114 Å². The topological polar surface area (TPSA) is 75.4 Å². The Morgan fingerprint density at radius 3 is 2.53 bits per heavy atom. The predicted octanol–water partition coefficient (Wildman–Crippen LogP) is 1.71. The first-order valence-electron chi connectivity index (χ1n) is 6.90. The molecule has 1 saturated carbocycles.